The van der Waals surface area contributed by atoms with Crippen LogP contribution in [0.3, 0.4) is 0 Å². The highest BCUT2D eigenvalue weighted by molar-refractivity contribution is 7.18. The molecule has 2 saturated heterocycles. The minimum atomic E-state index is -0.720. The number of thiazole rings is 1. The quantitative estimate of drug-likeness (QED) is 0.647. The van der Waals surface area contributed by atoms with Crippen LogP contribution in [0.5, 0.6) is 0 Å². The number of likely N-dealkylation sites (tertiary alicyclic amines) is 1. The third-order valence-electron chi connectivity index (χ3n) is 4.90. The number of fused-ring (bicyclic) bond motifs is 1. The molecule has 2 aliphatic rings. The number of nitrogens with one attached hydrogen (secondary N) is 1. The lowest BCUT2D eigenvalue weighted by atomic mass is 10.2. The van der Waals surface area contributed by atoms with Crippen LogP contribution in [0.15, 0.2) is 24.3 Å². The maximum Gasteiger partial charge on any atom is 0.338 e. The first-order valence-corrected chi connectivity index (χ1v) is 9.29. The molecular formula is C17H19N4O3S+. The van der Waals surface area contributed by atoms with E-state index in [4.69, 9.17) is 4.98 Å². The molecule has 0 spiro atoms. The van der Waals surface area contributed by atoms with Crippen molar-refractivity contribution in [2.24, 2.45) is 0 Å². The van der Waals surface area contributed by atoms with Crippen LogP contribution in [0, 0.1) is 0 Å². The number of carbonyl (C=O) groups is 3. The zero-order valence-corrected chi connectivity index (χ0v) is 14.7. The van der Waals surface area contributed by atoms with Crippen LogP contribution in [-0.2, 0) is 9.59 Å². The molecule has 0 radical (unpaired) electrons. The van der Waals surface area contributed by atoms with Crippen LogP contribution in [-0.4, -0.2) is 52.4 Å². The number of imide groups is 2. The predicted molar refractivity (Wildman–Crippen MR) is 91.9 cm³/mol. The standard InChI is InChI=1S/C17H18N4O3S/c1-2-20-15(22)16(23)21(17(20)24)10-19-9-5-7-12(19)14-18-11-6-3-4-8-13(11)25-14/h3-4,6,8,12H,2,5,7,9-10H2,1H3/p+1/t12-/m1/s1. The van der Waals surface area contributed by atoms with E-state index in [1.165, 1.54) is 0 Å². The number of carbonyl (C=O) groups excluding carboxylic acids is 3. The molecule has 1 unspecified atom stereocenters. The van der Waals surface area contributed by atoms with Crippen molar-refractivity contribution in [3.63, 3.8) is 0 Å². The number of rotatable bonds is 4. The second-order valence-corrected chi connectivity index (χ2v) is 7.41. The molecular weight excluding hydrogens is 340 g/mol. The van der Waals surface area contributed by atoms with E-state index < -0.39 is 17.8 Å². The number of hydrogen-bond donors (Lipinski definition) is 1. The number of aromatic nitrogens is 1. The highest BCUT2D eigenvalue weighted by Gasteiger charge is 2.47. The number of nitrogens with zero attached hydrogens (tertiary/aromatic N) is 3. The van der Waals surface area contributed by atoms with E-state index in [1.807, 2.05) is 18.2 Å². The molecule has 1 aromatic carbocycles. The van der Waals surface area contributed by atoms with E-state index in [0.717, 1.165) is 49.3 Å². The first-order valence-electron chi connectivity index (χ1n) is 8.47. The van der Waals surface area contributed by atoms with Crippen molar-refractivity contribution in [1.82, 2.24) is 14.8 Å². The normalized spacial score (nSPS) is 24.1. The average Bonchev–Trinajstić information content (AvgIpc) is 3.29. The number of benzene rings is 1. The fourth-order valence-corrected chi connectivity index (χ4v) is 4.77. The summed E-state index contributed by atoms with van der Waals surface area (Å²) in [5, 5.41) is 1.03. The van der Waals surface area contributed by atoms with Gasteiger partial charge in [-0.1, -0.05) is 12.1 Å². The predicted octanol–water partition coefficient (Wildman–Crippen LogP) is 0.784. The van der Waals surface area contributed by atoms with Gasteiger partial charge in [-0.25, -0.2) is 14.7 Å². The SMILES string of the molecule is CCN1C(=O)C(=O)N(C[NH+]2CCC[C@@H]2c2nc3ccccc3s2)C1=O. The average molecular weight is 359 g/mol. The molecule has 4 amide bonds. The largest absolute Gasteiger partial charge is 0.338 e. The summed E-state index contributed by atoms with van der Waals surface area (Å²) in [7, 11) is 0. The lowest BCUT2D eigenvalue weighted by Crippen LogP contribution is -3.12. The number of likely N-dealkylation sites (N-methyl/N-ethyl adjacent to an activating group) is 1. The van der Waals surface area contributed by atoms with Crippen molar-refractivity contribution >= 4 is 39.4 Å². The zero-order valence-electron chi connectivity index (χ0n) is 13.9. The van der Waals surface area contributed by atoms with Gasteiger partial charge >= 0.3 is 17.8 Å². The fourth-order valence-electron chi connectivity index (χ4n) is 3.61. The van der Waals surface area contributed by atoms with Crippen LogP contribution in [0.2, 0.25) is 0 Å². The van der Waals surface area contributed by atoms with Crippen LogP contribution in [0.4, 0.5) is 4.79 Å². The molecule has 8 heteroatoms. The van der Waals surface area contributed by atoms with Crippen molar-refractivity contribution in [3.8, 4) is 0 Å². The van der Waals surface area contributed by atoms with Gasteiger partial charge in [-0.15, -0.1) is 11.3 Å². The van der Waals surface area contributed by atoms with Gasteiger partial charge in [-0.2, -0.15) is 0 Å². The van der Waals surface area contributed by atoms with E-state index in [9.17, 15) is 14.4 Å². The molecule has 0 bridgehead atoms. The Morgan fingerprint density at radius 1 is 1.20 bits per heavy atom. The van der Waals surface area contributed by atoms with Crippen molar-refractivity contribution in [3.05, 3.63) is 29.3 Å². The van der Waals surface area contributed by atoms with Crippen molar-refractivity contribution in [1.29, 1.82) is 0 Å². The Bertz CT molecular complexity index is 831. The summed E-state index contributed by atoms with van der Waals surface area (Å²) < 4.78 is 1.14. The molecule has 2 atom stereocenters. The molecule has 25 heavy (non-hydrogen) atoms. The van der Waals surface area contributed by atoms with Gasteiger partial charge in [0.05, 0.1) is 16.8 Å². The molecule has 1 N–H and O–H groups in total. The number of hydrogen-bond acceptors (Lipinski definition) is 5. The topological polar surface area (TPSA) is 75.0 Å². The molecule has 0 aliphatic carbocycles. The fraction of sp³-hybridized carbons (Fsp3) is 0.412. The minimum Gasteiger partial charge on any atom is -0.309 e. The van der Waals surface area contributed by atoms with Crippen molar-refractivity contribution < 1.29 is 19.3 Å². The van der Waals surface area contributed by atoms with Gasteiger partial charge in [-0.3, -0.25) is 14.5 Å². The summed E-state index contributed by atoms with van der Waals surface area (Å²) in [6.45, 7) is 2.99. The van der Waals surface area contributed by atoms with Crippen molar-refractivity contribution in [2.45, 2.75) is 25.8 Å². The summed E-state index contributed by atoms with van der Waals surface area (Å²) in [4.78, 5) is 44.3. The Morgan fingerprint density at radius 3 is 2.68 bits per heavy atom. The monoisotopic (exact) mass is 359 g/mol. The Labute approximate surface area is 148 Å². The third-order valence-corrected chi connectivity index (χ3v) is 6.05. The Hall–Kier alpha value is -2.32. The van der Waals surface area contributed by atoms with Gasteiger partial charge in [-0.05, 0) is 19.1 Å². The Morgan fingerprint density at radius 2 is 1.96 bits per heavy atom. The van der Waals surface area contributed by atoms with Gasteiger partial charge in [0.1, 0.15) is 6.04 Å². The second-order valence-electron chi connectivity index (χ2n) is 6.35. The van der Waals surface area contributed by atoms with Crippen LogP contribution >= 0.6 is 11.3 Å². The zero-order chi connectivity index (χ0) is 17.6. The lowest BCUT2D eigenvalue weighted by Gasteiger charge is -2.23. The van der Waals surface area contributed by atoms with E-state index in [0.29, 0.717) is 0 Å². The second kappa shape index (κ2) is 6.20. The summed E-state index contributed by atoms with van der Waals surface area (Å²) in [6.07, 6.45) is 1.98. The van der Waals surface area contributed by atoms with Crippen LogP contribution < -0.4 is 4.90 Å². The number of urea groups is 1. The van der Waals surface area contributed by atoms with Gasteiger partial charge < -0.3 is 4.90 Å². The summed E-state index contributed by atoms with van der Waals surface area (Å²) in [6, 6.07) is 7.67. The number of amides is 4. The molecule has 130 valence electrons. The number of quaternary nitrogens is 1. The first-order chi connectivity index (χ1) is 12.1. The Balaban J connectivity index is 1.57. The van der Waals surface area contributed by atoms with Gasteiger partial charge in [0.25, 0.3) is 0 Å². The summed E-state index contributed by atoms with van der Waals surface area (Å²) in [5.74, 6) is -1.43. The van der Waals surface area contributed by atoms with E-state index >= 15 is 0 Å². The van der Waals surface area contributed by atoms with Crippen LogP contribution in [0.25, 0.3) is 10.2 Å². The van der Waals surface area contributed by atoms with E-state index in [-0.39, 0.29) is 19.3 Å². The van der Waals surface area contributed by atoms with E-state index in [2.05, 4.69) is 6.07 Å². The first kappa shape index (κ1) is 16.2. The lowest BCUT2D eigenvalue weighted by molar-refractivity contribution is -0.925. The maximum atomic E-state index is 12.3. The molecule has 4 rings (SSSR count). The van der Waals surface area contributed by atoms with Gasteiger partial charge in [0.15, 0.2) is 11.7 Å². The molecule has 0 saturated carbocycles. The van der Waals surface area contributed by atoms with Gasteiger partial charge in [0, 0.05) is 19.4 Å². The molecule has 1 aromatic heterocycles. The Kier molecular flexibility index (Phi) is 4.01. The molecule has 2 aromatic rings. The summed E-state index contributed by atoms with van der Waals surface area (Å²) >= 11 is 1.67. The molecule has 3 heterocycles. The van der Waals surface area contributed by atoms with Gasteiger partial charge in [0.2, 0.25) is 0 Å². The van der Waals surface area contributed by atoms with Crippen molar-refractivity contribution in [2.75, 3.05) is 19.8 Å². The van der Waals surface area contributed by atoms with Crippen LogP contribution in [0.1, 0.15) is 30.8 Å². The number of para-hydroxylation sites is 1. The third kappa shape index (κ3) is 2.61. The molecule has 2 aliphatic heterocycles. The summed E-state index contributed by atoms with van der Waals surface area (Å²) in [5.41, 5.74) is 0.981. The van der Waals surface area contributed by atoms with E-state index in [1.54, 1.807) is 18.3 Å². The highest BCUT2D eigenvalue weighted by atomic mass is 32.1. The highest BCUT2D eigenvalue weighted by Crippen LogP contribution is 2.28. The smallest absolute Gasteiger partial charge is 0.309 e. The molecule has 2 fully saturated rings. The molecule has 7 nitrogen and oxygen atoms in total. The maximum absolute atomic E-state index is 12.3. The minimum absolute atomic E-state index is 0.156.